The van der Waals surface area contributed by atoms with Gasteiger partial charge < -0.3 is 10.0 Å². The van der Waals surface area contributed by atoms with Crippen LogP contribution < -0.4 is 0 Å². The summed E-state index contributed by atoms with van der Waals surface area (Å²) in [5.74, 6) is -0.982. The first-order valence-corrected chi connectivity index (χ1v) is 6.24. The zero-order valence-electron chi connectivity index (χ0n) is 10.2. The van der Waals surface area contributed by atoms with Gasteiger partial charge in [0.15, 0.2) is 0 Å². The Bertz CT molecular complexity index is 430. The Morgan fingerprint density at radius 1 is 1.22 bits per heavy atom. The molecule has 0 radical (unpaired) electrons. The minimum atomic E-state index is -0.892. The molecule has 2 rings (SSSR count). The number of likely N-dealkylation sites (tertiary alicyclic amines) is 1. The molecule has 1 atom stereocenters. The van der Waals surface area contributed by atoms with Crippen LogP contribution in [0.25, 0.3) is 0 Å². The second-order valence-corrected chi connectivity index (χ2v) is 4.60. The van der Waals surface area contributed by atoms with Gasteiger partial charge in [0, 0.05) is 6.54 Å². The van der Waals surface area contributed by atoms with E-state index in [4.69, 9.17) is 5.11 Å². The summed E-state index contributed by atoms with van der Waals surface area (Å²) < 4.78 is 0. The van der Waals surface area contributed by atoms with Gasteiger partial charge in [-0.1, -0.05) is 30.3 Å². The molecular weight excluding hydrogens is 230 g/mol. The van der Waals surface area contributed by atoms with E-state index in [2.05, 4.69) is 0 Å². The van der Waals surface area contributed by atoms with Crippen molar-refractivity contribution in [2.24, 2.45) is 0 Å². The van der Waals surface area contributed by atoms with Crippen LogP contribution >= 0.6 is 0 Å². The van der Waals surface area contributed by atoms with Gasteiger partial charge in [-0.3, -0.25) is 4.79 Å². The van der Waals surface area contributed by atoms with E-state index in [1.54, 1.807) is 0 Å². The van der Waals surface area contributed by atoms with E-state index in [1.807, 2.05) is 30.3 Å². The fraction of sp³-hybridized carbons (Fsp3) is 0.429. The third-order valence-electron chi connectivity index (χ3n) is 3.31. The first kappa shape index (κ1) is 12.6. The van der Waals surface area contributed by atoms with Crippen molar-refractivity contribution in [1.29, 1.82) is 0 Å². The molecule has 1 N–H and O–H groups in total. The first-order valence-electron chi connectivity index (χ1n) is 6.24. The quantitative estimate of drug-likeness (QED) is 0.884. The smallest absolute Gasteiger partial charge is 0.326 e. The zero-order chi connectivity index (χ0) is 13.0. The maximum atomic E-state index is 12.1. The van der Waals surface area contributed by atoms with Crippen LogP contribution in [0.15, 0.2) is 30.3 Å². The molecule has 4 nitrogen and oxygen atoms in total. The number of carboxylic acid groups (broad SMARTS) is 1. The number of benzene rings is 1. The van der Waals surface area contributed by atoms with Crippen LogP contribution in [0.2, 0.25) is 0 Å². The highest BCUT2D eigenvalue weighted by Crippen LogP contribution is 2.18. The number of aliphatic carboxylic acids is 1. The molecule has 1 aliphatic heterocycles. The molecule has 1 amide bonds. The summed E-state index contributed by atoms with van der Waals surface area (Å²) in [5.41, 5.74) is 0.928. The fourth-order valence-corrected chi connectivity index (χ4v) is 2.36. The number of rotatable bonds is 3. The van der Waals surface area contributed by atoms with Crippen LogP contribution in [0.1, 0.15) is 24.8 Å². The normalized spacial score (nSPS) is 19.6. The minimum absolute atomic E-state index is 0.0895. The number of hydrogen-bond donors (Lipinski definition) is 1. The van der Waals surface area contributed by atoms with E-state index < -0.39 is 12.0 Å². The summed E-state index contributed by atoms with van der Waals surface area (Å²) in [6, 6.07) is 8.79. The summed E-state index contributed by atoms with van der Waals surface area (Å²) in [4.78, 5) is 24.8. The molecule has 1 aliphatic rings. The molecule has 1 aromatic carbocycles. The van der Waals surface area contributed by atoms with Crippen molar-refractivity contribution in [2.75, 3.05) is 6.54 Å². The molecule has 1 aromatic rings. The molecule has 1 heterocycles. The van der Waals surface area contributed by atoms with Crippen LogP contribution in [0, 0.1) is 0 Å². The Morgan fingerprint density at radius 3 is 2.61 bits per heavy atom. The lowest BCUT2D eigenvalue weighted by molar-refractivity contribution is -0.151. The Balaban J connectivity index is 2.05. The van der Waals surface area contributed by atoms with Crippen molar-refractivity contribution in [3.8, 4) is 0 Å². The van der Waals surface area contributed by atoms with Gasteiger partial charge in [-0.05, 0) is 24.8 Å². The molecule has 0 saturated carbocycles. The molecule has 0 spiro atoms. The van der Waals surface area contributed by atoms with Gasteiger partial charge >= 0.3 is 5.97 Å². The minimum Gasteiger partial charge on any atom is -0.480 e. The maximum absolute atomic E-state index is 12.1. The summed E-state index contributed by atoms with van der Waals surface area (Å²) >= 11 is 0. The second kappa shape index (κ2) is 5.67. The van der Waals surface area contributed by atoms with Gasteiger partial charge in [0.25, 0.3) is 0 Å². The van der Waals surface area contributed by atoms with Crippen molar-refractivity contribution in [1.82, 2.24) is 4.90 Å². The summed E-state index contributed by atoms with van der Waals surface area (Å²) in [6.45, 7) is 0.558. The predicted molar refractivity (Wildman–Crippen MR) is 67.1 cm³/mol. The third-order valence-corrected chi connectivity index (χ3v) is 3.31. The van der Waals surface area contributed by atoms with Crippen molar-refractivity contribution >= 4 is 11.9 Å². The monoisotopic (exact) mass is 247 g/mol. The second-order valence-electron chi connectivity index (χ2n) is 4.60. The number of piperidine rings is 1. The lowest BCUT2D eigenvalue weighted by Crippen LogP contribution is -2.48. The van der Waals surface area contributed by atoms with Gasteiger partial charge in [-0.2, -0.15) is 0 Å². The van der Waals surface area contributed by atoms with E-state index in [0.29, 0.717) is 13.0 Å². The van der Waals surface area contributed by atoms with Gasteiger partial charge in [-0.15, -0.1) is 0 Å². The number of carboxylic acids is 1. The standard InChI is InChI=1S/C14H17NO3/c16-13(10-11-6-2-1-3-7-11)15-9-5-4-8-12(15)14(17)18/h1-3,6-7,12H,4-5,8-10H2,(H,17,18)/t12-/m0/s1. The van der Waals surface area contributed by atoms with Crippen LogP contribution in [-0.4, -0.2) is 34.5 Å². The summed E-state index contributed by atoms with van der Waals surface area (Å²) in [6.07, 6.45) is 2.62. The number of carbonyl (C=O) groups is 2. The molecule has 0 bridgehead atoms. The van der Waals surface area contributed by atoms with E-state index in [9.17, 15) is 9.59 Å². The molecule has 4 heteroatoms. The Kier molecular flexibility index (Phi) is 3.97. The topological polar surface area (TPSA) is 57.6 Å². The zero-order valence-corrected chi connectivity index (χ0v) is 10.2. The van der Waals surface area contributed by atoms with E-state index in [0.717, 1.165) is 18.4 Å². The van der Waals surface area contributed by atoms with Crippen molar-refractivity contribution in [3.05, 3.63) is 35.9 Å². The fourth-order valence-electron chi connectivity index (χ4n) is 2.36. The Hall–Kier alpha value is -1.84. The number of carbonyl (C=O) groups excluding carboxylic acids is 1. The van der Waals surface area contributed by atoms with E-state index in [-0.39, 0.29) is 12.3 Å². The summed E-state index contributed by atoms with van der Waals surface area (Å²) in [7, 11) is 0. The highest BCUT2D eigenvalue weighted by molar-refractivity contribution is 5.85. The van der Waals surface area contributed by atoms with E-state index in [1.165, 1.54) is 4.90 Å². The number of hydrogen-bond acceptors (Lipinski definition) is 2. The summed E-state index contributed by atoms with van der Waals surface area (Å²) in [5, 5.41) is 9.13. The average Bonchev–Trinajstić information content (AvgIpc) is 2.40. The Labute approximate surface area is 106 Å². The molecule has 1 fully saturated rings. The van der Waals surface area contributed by atoms with Gasteiger partial charge in [0.05, 0.1) is 6.42 Å². The average molecular weight is 247 g/mol. The SMILES string of the molecule is O=C(O)[C@@H]1CCCCN1C(=O)Cc1ccccc1. The highest BCUT2D eigenvalue weighted by Gasteiger charge is 2.31. The van der Waals surface area contributed by atoms with Gasteiger partial charge in [0.1, 0.15) is 6.04 Å². The number of amides is 1. The molecule has 0 aromatic heterocycles. The largest absolute Gasteiger partial charge is 0.480 e. The van der Waals surface area contributed by atoms with Crippen molar-refractivity contribution in [2.45, 2.75) is 31.7 Å². The first-order chi connectivity index (χ1) is 8.68. The van der Waals surface area contributed by atoms with Crippen LogP contribution in [0.5, 0.6) is 0 Å². The molecule has 0 aliphatic carbocycles. The van der Waals surface area contributed by atoms with Gasteiger partial charge in [0.2, 0.25) is 5.91 Å². The Morgan fingerprint density at radius 2 is 1.94 bits per heavy atom. The predicted octanol–water partition coefficient (Wildman–Crippen LogP) is 1.69. The van der Waals surface area contributed by atoms with Crippen molar-refractivity contribution in [3.63, 3.8) is 0 Å². The molecule has 1 saturated heterocycles. The molecule has 0 unspecified atom stereocenters. The lowest BCUT2D eigenvalue weighted by atomic mass is 10.0. The van der Waals surface area contributed by atoms with Crippen LogP contribution in [0.3, 0.4) is 0 Å². The van der Waals surface area contributed by atoms with Crippen LogP contribution in [-0.2, 0) is 16.0 Å². The third kappa shape index (κ3) is 2.88. The van der Waals surface area contributed by atoms with Gasteiger partial charge in [-0.25, -0.2) is 4.79 Å². The maximum Gasteiger partial charge on any atom is 0.326 e. The van der Waals surface area contributed by atoms with Crippen molar-refractivity contribution < 1.29 is 14.7 Å². The number of nitrogens with zero attached hydrogens (tertiary/aromatic N) is 1. The molecule has 18 heavy (non-hydrogen) atoms. The molecule has 96 valence electrons. The van der Waals surface area contributed by atoms with E-state index >= 15 is 0 Å². The lowest BCUT2D eigenvalue weighted by Gasteiger charge is -2.33. The molecular formula is C14H17NO3. The van der Waals surface area contributed by atoms with Crippen LogP contribution in [0.4, 0.5) is 0 Å². The highest BCUT2D eigenvalue weighted by atomic mass is 16.4.